The number of nitrogen functional groups attached to an aromatic ring is 1. The average molecular weight is 464 g/mol. The normalized spacial score (nSPS) is 14.4. The molecular weight excluding hydrogens is 434 g/mol. The molecule has 1 aromatic carbocycles. The van der Waals surface area contributed by atoms with Crippen LogP contribution < -0.4 is 20.5 Å². The van der Waals surface area contributed by atoms with Crippen LogP contribution in [0.25, 0.3) is 0 Å². The Hall–Kier alpha value is -2.94. The molecule has 2 heterocycles. The molecule has 3 rings (SSSR count). The van der Waals surface area contributed by atoms with E-state index in [0.717, 1.165) is 18.4 Å². The highest BCUT2D eigenvalue weighted by atomic mass is 35.5. The van der Waals surface area contributed by atoms with Crippen molar-refractivity contribution in [3.8, 4) is 17.2 Å². The first kappa shape index (κ1) is 23.7. The summed E-state index contributed by atoms with van der Waals surface area (Å²) in [6.45, 7) is 7.51. The Morgan fingerprint density at radius 1 is 1.28 bits per heavy atom. The van der Waals surface area contributed by atoms with E-state index < -0.39 is 0 Å². The van der Waals surface area contributed by atoms with Gasteiger partial charge in [-0.05, 0) is 31.7 Å². The Morgan fingerprint density at radius 3 is 2.59 bits per heavy atom. The van der Waals surface area contributed by atoms with Crippen molar-refractivity contribution in [2.24, 2.45) is 0 Å². The molecular formula is C22H30ClN5O4. The molecule has 0 saturated carbocycles. The SMILES string of the molecule is CCOC(=O)N1CCC(Nc2ncc(Oc3cc(Cl)c(OC)cc3C(C)C)c(N)n2)CC1. The second-order valence-corrected chi connectivity index (χ2v) is 8.24. The molecule has 32 heavy (non-hydrogen) atoms. The summed E-state index contributed by atoms with van der Waals surface area (Å²) < 4.78 is 16.4. The van der Waals surface area contributed by atoms with Crippen LogP contribution >= 0.6 is 11.6 Å². The van der Waals surface area contributed by atoms with Gasteiger partial charge in [0.05, 0.1) is 24.9 Å². The number of nitrogens with one attached hydrogen (secondary N) is 1. The number of likely N-dealkylation sites (tertiary alicyclic amines) is 1. The first-order valence-electron chi connectivity index (χ1n) is 10.7. The summed E-state index contributed by atoms with van der Waals surface area (Å²) in [5.74, 6) is 2.32. The van der Waals surface area contributed by atoms with Crippen molar-refractivity contribution in [3.05, 3.63) is 28.9 Å². The van der Waals surface area contributed by atoms with Crippen molar-refractivity contribution >= 4 is 29.5 Å². The third-order valence-corrected chi connectivity index (χ3v) is 5.56. The number of methoxy groups -OCH3 is 1. The quantitative estimate of drug-likeness (QED) is 0.609. The van der Waals surface area contributed by atoms with E-state index in [1.54, 1.807) is 31.2 Å². The van der Waals surface area contributed by atoms with Crippen LogP contribution in [-0.4, -0.2) is 53.8 Å². The minimum Gasteiger partial charge on any atom is -0.495 e. The molecule has 1 aromatic heterocycles. The first-order valence-corrected chi connectivity index (χ1v) is 11.1. The molecule has 1 aliphatic heterocycles. The number of rotatable bonds is 7. The number of halogens is 1. The van der Waals surface area contributed by atoms with E-state index in [-0.39, 0.29) is 23.9 Å². The van der Waals surface area contributed by atoms with Crippen molar-refractivity contribution in [1.29, 1.82) is 0 Å². The van der Waals surface area contributed by atoms with Crippen LogP contribution in [0.15, 0.2) is 18.3 Å². The van der Waals surface area contributed by atoms with Crippen molar-refractivity contribution in [1.82, 2.24) is 14.9 Å². The minimum absolute atomic E-state index is 0.139. The Balaban J connectivity index is 1.67. The highest BCUT2D eigenvalue weighted by molar-refractivity contribution is 6.32. The number of nitrogens with zero attached hydrogens (tertiary/aromatic N) is 3. The number of amides is 1. The number of anilines is 2. The third-order valence-electron chi connectivity index (χ3n) is 5.26. The van der Waals surface area contributed by atoms with Crippen LogP contribution in [0.5, 0.6) is 17.2 Å². The van der Waals surface area contributed by atoms with Crippen molar-refractivity contribution < 1.29 is 19.0 Å². The predicted molar refractivity (Wildman–Crippen MR) is 124 cm³/mol. The fourth-order valence-corrected chi connectivity index (χ4v) is 3.73. The Kier molecular flexibility index (Phi) is 7.84. The fraction of sp³-hybridized carbons (Fsp3) is 0.500. The summed E-state index contributed by atoms with van der Waals surface area (Å²) in [6, 6.07) is 3.70. The molecule has 10 heteroatoms. The van der Waals surface area contributed by atoms with Gasteiger partial charge in [0.2, 0.25) is 5.95 Å². The Labute approximate surface area is 193 Å². The van der Waals surface area contributed by atoms with Crippen LogP contribution in [0.4, 0.5) is 16.6 Å². The molecule has 9 nitrogen and oxygen atoms in total. The van der Waals surface area contributed by atoms with Crippen LogP contribution in [0.3, 0.4) is 0 Å². The van der Waals surface area contributed by atoms with Gasteiger partial charge < -0.3 is 30.2 Å². The van der Waals surface area contributed by atoms with Gasteiger partial charge in [0.1, 0.15) is 11.5 Å². The molecule has 1 fully saturated rings. The molecule has 0 spiro atoms. The topological polar surface area (TPSA) is 112 Å². The molecule has 1 amide bonds. The maximum Gasteiger partial charge on any atom is 0.409 e. The highest BCUT2D eigenvalue weighted by Gasteiger charge is 2.24. The monoisotopic (exact) mass is 463 g/mol. The predicted octanol–water partition coefficient (Wildman–Crippen LogP) is 4.67. The molecule has 0 aliphatic carbocycles. The number of benzene rings is 1. The first-order chi connectivity index (χ1) is 15.3. The van der Waals surface area contributed by atoms with Gasteiger partial charge in [-0.2, -0.15) is 4.98 Å². The summed E-state index contributed by atoms with van der Waals surface area (Å²) in [4.78, 5) is 22.2. The lowest BCUT2D eigenvalue weighted by atomic mass is 10.0. The van der Waals surface area contributed by atoms with Gasteiger partial charge >= 0.3 is 6.09 Å². The minimum atomic E-state index is -0.271. The number of piperidine rings is 1. The molecule has 2 aromatic rings. The number of carbonyl (C=O) groups excluding carboxylic acids is 1. The zero-order valence-corrected chi connectivity index (χ0v) is 19.6. The van der Waals surface area contributed by atoms with Crippen LogP contribution in [0.2, 0.25) is 5.02 Å². The van der Waals surface area contributed by atoms with E-state index in [1.165, 1.54) is 0 Å². The van der Waals surface area contributed by atoms with Gasteiger partial charge in [-0.25, -0.2) is 9.78 Å². The lowest BCUT2D eigenvalue weighted by Gasteiger charge is -2.31. The third kappa shape index (κ3) is 5.64. The molecule has 0 atom stereocenters. The van der Waals surface area contributed by atoms with Gasteiger partial charge in [-0.3, -0.25) is 0 Å². The molecule has 0 unspecified atom stereocenters. The van der Waals surface area contributed by atoms with Crippen LogP contribution in [-0.2, 0) is 4.74 Å². The van der Waals surface area contributed by atoms with E-state index >= 15 is 0 Å². The highest BCUT2D eigenvalue weighted by Crippen LogP contribution is 2.39. The van der Waals surface area contributed by atoms with Gasteiger partial charge in [-0.15, -0.1) is 0 Å². The molecule has 1 aliphatic rings. The molecule has 3 N–H and O–H groups in total. The number of nitrogens with two attached hydrogens (primary N) is 1. The van der Waals surface area contributed by atoms with Crippen molar-refractivity contribution in [3.63, 3.8) is 0 Å². The summed E-state index contributed by atoms with van der Waals surface area (Å²) in [7, 11) is 1.57. The Bertz CT molecular complexity index is 948. The van der Waals surface area contributed by atoms with E-state index in [0.29, 0.717) is 47.9 Å². The summed E-state index contributed by atoms with van der Waals surface area (Å²) in [6.07, 6.45) is 2.80. The van der Waals surface area contributed by atoms with Gasteiger partial charge in [-0.1, -0.05) is 25.4 Å². The lowest BCUT2D eigenvalue weighted by molar-refractivity contribution is 0.0983. The van der Waals surface area contributed by atoms with E-state index in [4.69, 9.17) is 31.5 Å². The number of hydrogen-bond acceptors (Lipinski definition) is 8. The largest absolute Gasteiger partial charge is 0.495 e. The smallest absolute Gasteiger partial charge is 0.409 e. The maximum absolute atomic E-state index is 11.8. The summed E-state index contributed by atoms with van der Waals surface area (Å²) in [5.41, 5.74) is 7.08. The zero-order valence-electron chi connectivity index (χ0n) is 18.9. The number of aromatic nitrogens is 2. The van der Waals surface area contributed by atoms with Gasteiger partial charge in [0.15, 0.2) is 11.6 Å². The number of ether oxygens (including phenoxy) is 3. The van der Waals surface area contributed by atoms with Crippen LogP contribution in [0.1, 0.15) is 45.1 Å². The van der Waals surface area contributed by atoms with Crippen LogP contribution in [0, 0.1) is 0 Å². The molecule has 174 valence electrons. The Morgan fingerprint density at radius 2 is 2.00 bits per heavy atom. The van der Waals surface area contributed by atoms with Gasteiger partial charge in [0.25, 0.3) is 0 Å². The fourth-order valence-electron chi connectivity index (χ4n) is 3.50. The summed E-state index contributed by atoms with van der Waals surface area (Å²) >= 11 is 6.28. The average Bonchev–Trinajstić information content (AvgIpc) is 2.76. The molecule has 1 saturated heterocycles. The number of carbonyl (C=O) groups is 1. The van der Waals surface area contributed by atoms with Crippen molar-refractivity contribution in [2.75, 3.05) is 37.9 Å². The standard InChI is InChI=1S/C22H30ClN5O4/c1-5-31-22(29)28-8-6-14(7-9-28)26-21-25-12-19(20(24)27-21)32-17-11-16(23)18(30-4)10-15(17)13(2)3/h10-14H,5-9H2,1-4H3,(H3,24,25,26,27). The maximum atomic E-state index is 11.8. The lowest BCUT2D eigenvalue weighted by Crippen LogP contribution is -2.42. The van der Waals surface area contributed by atoms with E-state index in [2.05, 4.69) is 29.1 Å². The number of hydrogen-bond donors (Lipinski definition) is 2. The summed E-state index contributed by atoms with van der Waals surface area (Å²) in [5, 5.41) is 3.73. The second kappa shape index (κ2) is 10.6. The van der Waals surface area contributed by atoms with E-state index in [9.17, 15) is 4.79 Å². The zero-order chi connectivity index (χ0) is 23.3. The molecule has 0 radical (unpaired) electrons. The van der Waals surface area contributed by atoms with Gasteiger partial charge in [0, 0.05) is 30.8 Å². The second-order valence-electron chi connectivity index (χ2n) is 7.83. The molecule has 0 bridgehead atoms. The van der Waals surface area contributed by atoms with Crippen molar-refractivity contribution in [2.45, 2.75) is 45.6 Å². The van der Waals surface area contributed by atoms with E-state index in [1.807, 2.05) is 6.07 Å².